The van der Waals surface area contributed by atoms with E-state index in [1.54, 1.807) is 0 Å². The summed E-state index contributed by atoms with van der Waals surface area (Å²) in [4.78, 5) is 4.64. The van der Waals surface area contributed by atoms with Gasteiger partial charge in [-0.2, -0.15) is 0 Å². The van der Waals surface area contributed by atoms with Gasteiger partial charge in [0.2, 0.25) is 0 Å². The van der Waals surface area contributed by atoms with Crippen molar-refractivity contribution in [3.05, 3.63) is 76.9 Å². The summed E-state index contributed by atoms with van der Waals surface area (Å²) in [5.41, 5.74) is 2.92. The molecule has 0 spiro atoms. The Morgan fingerprint density at radius 2 is 1.65 bits per heavy atom. The minimum atomic E-state index is -0.169. The summed E-state index contributed by atoms with van der Waals surface area (Å²) in [6, 6.07) is 19.8. The third-order valence-electron chi connectivity index (χ3n) is 3.29. The molecule has 1 nitrogen and oxygen atoms in total. The van der Waals surface area contributed by atoms with Gasteiger partial charge in [-0.15, -0.1) is 11.6 Å². The molecule has 1 aromatic heterocycles. The second kappa shape index (κ2) is 5.82. The maximum atomic E-state index is 6.47. The Morgan fingerprint density at radius 1 is 0.900 bits per heavy atom. The third-order valence-corrected chi connectivity index (χ3v) is 4.02. The maximum Gasteiger partial charge on any atom is 0.0705 e. The number of rotatable bonds is 3. The zero-order valence-electron chi connectivity index (χ0n) is 10.8. The van der Waals surface area contributed by atoms with Crippen molar-refractivity contribution in [2.45, 2.75) is 11.8 Å². The molecule has 3 aromatic rings. The fraction of sp³-hybridized carbons (Fsp3) is 0.118. The van der Waals surface area contributed by atoms with Crippen molar-refractivity contribution in [1.82, 2.24) is 4.98 Å². The van der Waals surface area contributed by atoms with Crippen molar-refractivity contribution in [2.75, 3.05) is 0 Å². The van der Waals surface area contributed by atoms with Crippen LogP contribution in [0.1, 0.15) is 16.6 Å². The largest absolute Gasteiger partial charge is 0.253 e. The molecule has 0 saturated carbocycles. The highest BCUT2D eigenvalue weighted by Gasteiger charge is 2.13. The van der Waals surface area contributed by atoms with E-state index in [-0.39, 0.29) is 5.38 Å². The molecule has 0 bridgehead atoms. The van der Waals surface area contributed by atoms with Crippen LogP contribution in [0.2, 0.25) is 5.02 Å². The molecule has 0 N–H and O–H groups in total. The van der Waals surface area contributed by atoms with Gasteiger partial charge in [0.25, 0.3) is 0 Å². The number of fused-ring (bicyclic) bond motifs is 1. The van der Waals surface area contributed by atoms with Crippen LogP contribution in [0.15, 0.2) is 60.7 Å². The van der Waals surface area contributed by atoms with Gasteiger partial charge in [0, 0.05) is 22.5 Å². The molecule has 20 heavy (non-hydrogen) atoms. The van der Waals surface area contributed by atoms with Crippen LogP contribution in [0.4, 0.5) is 0 Å². The van der Waals surface area contributed by atoms with E-state index >= 15 is 0 Å². The summed E-state index contributed by atoms with van der Waals surface area (Å²) in [6.45, 7) is 0. The maximum absolute atomic E-state index is 6.47. The molecule has 0 aliphatic heterocycles. The summed E-state index contributed by atoms with van der Waals surface area (Å²) < 4.78 is 0. The Bertz CT molecular complexity index is 740. The van der Waals surface area contributed by atoms with Crippen molar-refractivity contribution in [2.24, 2.45) is 0 Å². The van der Waals surface area contributed by atoms with E-state index in [1.807, 2.05) is 48.5 Å². The summed E-state index contributed by atoms with van der Waals surface area (Å²) in [6.07, 6.45) is 0.663. The molecule has 3 heteroatoms. The Hall–Kier alpha value is -1.57. The minimum Gasteiger partial charge on any atom is -0.253 e. The van der Waals surface area contributed by atoms with Crippen LogP contribution in [-0.2, 0) is 6.42 Å². The highest BCUT2D eigenvalue weighted by Crippen LogP contribution is 2.30. The standard InChI is InChI=1S/C17H13Cl2N/c18-15-7-3-2-6-14(15)16(19)11-13-10-9-12-5-1-4-8-17(12)20-13/h1-10,16H,11H2. The predicted molar refractivity (Wildman–Crippen MR) is 85.5 cm³/mol. The number of halogens is 2. The first-order valence-corrected chi connectivity index (χ1v) is 7.28. The van der Waals surface area contributed by atoms with Gasteiger partial charge in [0.1, 0.15) is 0 Å². The number of aromatic nitrogens is 1. The molecule has 3 rings (SSSR count). The van der Waals surface area contributed by atoms with Gasteiger partial charge >= 0.3 is 0 Å². The van der Waals surface area contributed by atoms with Crippen molar-refractivity contribution < 1.29 is 0 Å². The van der Waals surface area contributed by atoms with Crippen LogP contribution >= 0.6 is 23.2 Å². The third kappa shape index (κ3) is 2.79. The molecule has 2 aromatic carbocycles. The van der Waals surface area contributed by atoms with E-state index in [1.165, 1.54) is 0 Å². The Balaban J connectivity index is 1.87. The van der Waals surface area contributed by atoms with Crippen molar-refractivity contribution in [3.8, 4) is 0 Å². The Kier molecular flexibility index (Phi) is 3.90. The summed E-state index contributed by atoms with van der Waals surface area (Å²) in [7, 11) is 0. The first kappa shape index (κ1) is 13.4. The molecule has 1 heterocycles. The lowest BCUT2D eigenvalue weighted by atomic mass is 10.1. The minimum absolute atomic E-state index is 0.169. The fourth-order valence-corrected chi connectivity index (χ4v) is 2.92. The average molecular weight is 302 g/mol. The van der Waals surface area contributed by atoms with Gasteiger partial charge in [-0.1, -0.05) is 54.1 Å². The van der Waals surface area contributed by atoms with Gasteiger partial charge in [-0.25, -0.2) is 0 Å². The molecule has 0 aliphatic carbocycles. The summed E-state index contributed by atoms with van der Waals surface area (Å²) >= 11 is 12.6. The van der Waals surface area contributed by atoms with Crippen molar-refractivity contribution in [1.29, 1.82) is 0 Å². The molecule has 0 saturated heterocycles. The van der Waals surface area contributed by atoms with E-state index in [2.05, 4.69) is 17.1 Å². The summed E-state index contributed by atoms with van der Waals surface area (Å²) in [5, 5.41) is 1.67. The van der Waals surface area contributed by atoms with Gasteiger partial charge < -0.3 is 0 Å². The fourth-order valence-electron chi connectivity index (χ4n) is 2.24. The Labute approximate surface area is 128 Å². The molecule has 0 aliphatic rings. The van der Waals surface area contributed by atoms with E-state index in [9.17, 15) is 0 Å². The van der Waals surface area contributed by atoms with Gasteiger partial charge in [0.05, 0.1) is 10.9 Å². The number of benzene rings is 2. The monoisotopic (exact) mass is 301 g/mol. The molecule has 100 valence electrons. The first-order valence-electron chi connectivity index (χ1n) is 6.47. The average Bonchev–Trinajstić information content (AvgIpc) is 2.47. The van der Waals surface area contributed by atoms with E-state index < -0.39 is 0 Å². The molecule has 0 amide bonds. The number of pyridine rings is 1. The SMILES string of the molecule is Clc1ccccc1C(Cl)Cc1ccc2ccccc2n1. The van der Waals surface area contributed by atoms with E-state index in [0.717, 1.165) is 22.2 Å². The van der Waals surface area contributed by atoms with E-state index in [0.29, 0.717) is 11.4 Å². The normalized spacial score (nSPS) is 12.5. The van der Waals surface area contributed by atoms with Gasteiger partial charge in [-0.05, 0) is 23.8 Å². The number of hydrogen-bond acceptors (Lipinski definition) is 1. The number of para-hydroxylation sites is 1. The molecule has 0 radical (unpaired) electrons. The number of hydrogen-bond donors (Lipinski definition) is 0. The highest BCUT2D eigenvalue weighted by atomic mass is 35.5. The Morgan fingerprint density at radius 3 is 2.50 bits per heavy atom. The molecule has 1 atom stereocenters. The zero-order valence-corrected chi connectivity index (χ0v) is 12.3. The molecular formula is C17H13Cl2N. The van der Waals surface area contributed by atoms with Crippen molar-refractivity contribution in [3.63, 3.8) is 0 Å². The summed E-state index contributed by atoms with van der Waals surface area (Å²) in [5.74, 6) is 0. The van der Waals surface area contributed by atoms with Crippen LogP contribution in [-0.4, -0.2) is 4.98 Å². The highest BCUT2D eigenvalue weighted by molar-refractivity contribution is 6.32. The van der Waals surface area contributed by atoms with Crippen LogP contribution in [0, 0.1) is 0 Å². The van der Waals surface area contributed by atoms with Crippen molar-refractivity contribution >= 4 is 34.1 Å². The first-order chi connectivity index (χ1) is 9.74. The van der Waals surface area contributed by atoms with E-state index in [4.69, 9.17) is 23.2 Å². The molecular weight excluding hydrogens is 289 g/mol. The lowest BCUT2D eigenvalue weighted by Gasteiger charge is -2.11. The van der Waals surface area contributed by atoms with Crippen LogP contribution in [0.3, 0.4) is 0 Å². The second-order valence-corrected chi connectivity index (χ2v) is 5.62. The number of nitrogens with zero attached hydrogens (tertiary/aromatic N) is 1. The van der Waals surface area contributed by atoms with Crippen LogP contribution in [0.25, 0.3) is 10.9 Å². The second-order valence-electron chi connectivity index (χ2n) is 4.69. The molecule has 0 fully saturated rings. The van der Waals surface area contributed by atoms with Gasteiger partial charge in [0.15, 0.2) is 0 Å². The van der Waals surface area contributed by atoms with Gasteiger partial charge in [-0.3, -0.25) is 4.98 Å². The quantitative estimate of drug-likeness (QED) is 0.589. The zero-order chi connectivity index (χ0) is 13.9. The number of alkyl halides is 1. The topological polar surface area (TPSA) is 12.9 Å². The molecule has 1 unspecified atom stereocenters. The lowest BCUT2D eigenvalue weighted by Crippen LogP contribution is -1.99. The predicted octanol–water partition coefficient (Wildman–Crippen LogP) is 5.41. The van der Waals surface area contributed by atoms with Crippen LogP contribution in [0.5, 0.6) is 0 Å². The lowest BCUT2D eigenvalue weighted by molar-refractivity contribution is 0.888. The smallest absolute Gasteiger partial charge is 0.0705 e. The van der Waals surface area contributed by atoms with Crippen LogP contribution < -0.4 is 0 Å².